The van der Waals surface area contributed by atoms with Crippen molar-refractivity contribution in [1.82, 2.24) is 0 Å². The number of phenolic OH excluding ortho intramolecular Hbond substituents is 2. The highest BCUT2D eigenvalue weighted by Crippen LogP contribution is 2.30. The molecular weight excluding hydrogens is 512 g/mol. The Bertz CT molecular complexity index is 1330. The van der Waals surface area contributed by atoms with E-state index in [1.807, 2.05) is 0 Å². The molecule has 0 radical (unpaired) electrons. The van der Waals surface area contributed by atoms with E-state index in [1.54, 1.807) is 90.1 Å². The number of nitrogens with zero attached hydrogens (tertiary/aromatic N) is 2. The van der Waals surface area contributed by atoms with Crippen LogP contribution in [0.1, 0.15) is 52.7 Å². The molecule has 0 spiro atoms. The summed E-state index contributed by atoms with van der Waals surface area (Å²) in [5.74, 6) is -0.411. The third kappa shape index (κ3) is 9.16. The first kappa shape index (κ1) is 29.7. The van der Waals surface area contributed by atoms with E-state index in [2.05, 4.69) is 20.6 Å². The molecule has 0 unspecified atom stereocenters. The second-order valence-electron chi connectivity index (χ2n) is 10.8. The maximum Gasteiger partial charge on any atom is 0.412 e. The molecule has 0 saturated heterocycles. The fraction of sp³-hybridized carbons (Fsp3) is 0.267. The monoisotopic (exact) mass is 546 g/mol. The van der Waals surface area contributed by atoms with E-state index in [-0.39, 0.29) is 11.5 Å². The first-order valence-electron chi connectivity index (χ1n) is 12.5. The Morgan fingerprint density at radius 2 is 1.05 bits per heavy atom. The molecule has 0 aliphatic heterocycles. The zero-order valence-electron chi connectivity index (χ0n) is 23.4. The van der Waals surface area contributed by atoms with Crippen molar-refractivity contribution in [1.29, 1.82) is 0 Å². The maximum absolute atomic E-state index is 12.2. The largest absolute Gasteiger partial charge is 0.507 e. The zero-order chi connectivity index (χ0) is 29.5. The van der Waals surface area contributed by atoms with Gasteiger partial charge in [-0.1, -0.05) is 24.3 Å². The fourth-order valence-electron chi connectivity index (χ4n) is 3.31. The molecule has 0 heterocycles. The van der Waals surface area contributed by atoms with Gasteiger partial charge in [0.15, 0.2) is 0 Å². The number of para-hydroxylation sites is 4. The third-order valence-corrected chi connectivity index (χ3v) is 4.94. The topological polar surface area (TPSA) is 142 Å². The number of nitrogens with one attached hydrogen (secondary N) is 2. The van der Waals surface area contributed by atoms with Crippen LogP contribution in [0.2, 0.25) is 0 Å². The summed E-state index contributed by atoms with van der Waals surface area (Å²) in [7, 11) is 0. The molecular formula is C30H34N4O6. The Morgan fingerprint density at radius 3 is 1.43 bits per heavy atom. The van der Waals surface area contributed by atoms with Gasteiger partial charge in [-0.2, -0.15) is 0 Å². The Labute approximate surface area is 233 Å². The van der Waals surface area contributed by atoms with Crippen molar-refractivity contribution in [2.45, 2.75) is 52.7 Å². The van der Waals surface area contributed by atoms with Gasteiger partial charge >= 0.3 is 12.2 Å². The number of amides is 2. The van der Waals surface area contributed by atoms with E-state index in [4.69, 9.17) is 9.47 Å². The molecule has 0 atom stereocenters. The van der Waals surface area contributed by atoms with Crippen LogP contribution in [0, 0.1) is 0 Å². The molecule has 4 N–H and O–H groups in total. The van der Waals surface area contributed by atoms with Crippen LogP contribution in [0.15, 0.2) is 70.6 Å². The summed E-state index contributed by atoms with van der Waals surface area (Å²) in [5.41, 5.74) is 0.966. The summed E-state index contributed by atoms with van der Waals surface area (Å²) in [4.78, 5) is 33.3. The number of aromatic hydroxyl groups is 2. The zero-order valence-corrected chi connectivity index (χ0v) is 23.4. The lowest BCUT2D eigenvalue weighted by atomic mass is 10.1. The second-order valence-corrected chi connectivity index (χ2v) is 10.8. The molecule has 0 fully saturated rings. The van der Waals surface area contributed by atoms with Crippen molar-refractivity contribution < 1.29 is 29.3 Å². The molecule has 0 aliphatic carbocycles. The second kappa shape index (κ2) is 12.3. The van der Waals surface area contributed by atoms with Crippen LogP contribution in [0.4, 0.5) is 32.3 Å². The molecule has 10 heteroatoms. The first-order chi connectivity index (χ1) is 18.7. The lowest BCUT2D eigenvalue weighted by molar-refractivity contribution is 0.0624. The smallest absolute Gasteiger partial charge is 0.412 e. The SMILES string of the molecule is CC(C)(C)OC(=O)Nc1ccccc1N=Cc1cc(C=Nc2ccccc2NC(=O)OC(C)(C)C)c(O)cc1O. The number of hydrogen-bond acceptors (Lipinski definition) is 8. The van der Waals surface area contributed by atoms with E-state index < -0.39 is 23.4 Å². The molecule has 0 saturated carbocycles. The average Bonchev–Trinajstić information content (AvgIpc) is 2.82. The minimum atomic E-state index is -0.662. The number of carbonyl (C=O) groups excluding carboxylic acids is 2. The summed E-state index contributed by atoms with van der Waals surface area (Å²) in [6.07, 6.45) is 1.56. The van der Waals surface area contributed by atoms with Gasteiger partial charge in [0.2, 0.25) is 0 Å². The van der Waals surface area contributed by atoms with Crippen LogP contribution in [-0.2, 0) is 9.47 Å². The maximum atomic E-state index is 12.2. The Kier molecular flexibility index (Phi) is 9.15. The van der Waals surface area contributed by atoms with Gasteiger partial charge in [0.25, 0.3) is 0 Å². The highest BCUT2D eigenvalue weighted by atomic mass is 16.6. The van der Waals surface area contributed by atoms with Gasteiger partial charge in [-0.05, 0) is 71.9 Å². The summed E-state index contributed by atoms with van der Waals surface area (Å²) in [6, 6.07) is 16.4. The molecule has 2 amide bonds. The molecule has 3 aromatic rings. The first-order valence-corrected chi connectivity index (χ1v) is 12.5. The van der Waals surface area contributed by atoms with Crippen molar-refractivity contribution in [2.24, 2.45) is 9.98 Å². The highest BCUT2D eigenvalue weighted by molar-refractivity contribution is 5.96. The van der Waals surface area contributed by atoms with Gasteiger partial charge in [0.1, 0.15) is 22.7 Å². The number of carbonyl (C=O) groups is 2. The molecule has 40 heavy (non-hydrogen) atoms. The van der Waals surface area contributed by atoms with Crippen molar-refractivity contribution in [3.63, 3.8) is 0 Å². The molecule has 0 aliphatic rings. The highest BCUT2D eigenvalue weighted by Gasteiger charge is 2.18. The van der Waals surface area contributed by atoms with E-state index in [0.29, 0.717) is 33.9 Å². The van der Waals surface area contributed by atoms with Gasteiger partial charge in [0.05, 0.1) is 22.7 Å². The molecule has 0 bridgehead atoms. The van der Waals surface area contributed by atoms with E-state index >= 15 is 0 Å². The summed E-state index contributed by atoms with van der Waals surface area (Å²) >= 11 is 0. The Balaban J connectivity index is 1.84. The van der Waals surface area contributed by atoms with E-state index in [9.17, 15) is 19.8 Å². The number of benzene rings is 3. The van der Waals surface area contributed by atoms with E-state index in [1.165, 1.54) is 24.6 Å². The molecule has 3 aromatic carbocycles. The molecule has 10 nitrogen and oxygen atoms in total. The van der Waals surface area contributed by atoms with Gasteiger partial charge < -0.3 is 19.7 Å². The standard InChI is InChI=1S/C30H34N4O6/c1-29(2,3)39-27(37)33-23-13-9-7-11-21(23)31-17-19-15-20(26(36)16-25(19)35)18-32-22-12-8-10-14-24(22)34-28(38)40-30(4,5)6/h7-18,35-36H,1-6H3,(H,33,37)(H,34,38). The lowest BCUT2D eigenvalue weighted by Gasteiger charge is -2.20. The van der Waals surface area contributed by atoms with Crippen molar-refractivity contribution in [3.05, 3.63) is 71.8 Å². The summed E-state index contributed by atoms with van der Waals surface area (Å²) in [6.45, 7) is 10.6. The predicted octanol–water partition coefficient (Wildman–Crippen LogP) is 7.29. The number of ether oxygens (including phenoxy) is 2. The van der Waals surface area contributed by atoms with Crippen molar-refractivity contribution >= 4 is 47.4 Å². The number of aliphatic imine (C=N–C) groups is 2. The van der Waals surface area contributed by atoms with Gasteiger partial charge in [-0.25, -0.2) is 9.59 Å². The fourth-order valence-corrected chi connectivity index (χ4v) is 3.31. The normalized spacial score (nSPS) is 11.9. The quantitative estimate of drug-likeness (QED) is 0.239. The molecule has 210 valence electrons. The number of hydrogen-bond donors (Lipinski definition) is 4. The van der Waals surface area contributed by atoms with E-state index in [0.717, 1.165) is 0 Å². The summed E-state index contributed by atoms with van der Waals surface area (Å²) in [5, 5.41) is 26.2. The van der Waals surface area contributed by atoms with Crippen molar-refractivity contribution in [2.75, 3.05) is 10.6 Å². The van der Waals surface area contributed by atoms with Crippen LogP contribution in [0.25, 0.3) is 0 Å². The number of anilines is 2. The van der Waals surface area contributed by atoms with Crippen LogP contribution in [0.3, 0.4) is 0 Å². The number of rotatable bonds is 6. The van der Waals surface area contributed by atoms with Gasteiger partial charge in [0, 0.05) is 29.6 Å². The average molecular weight is 547 g/mol. The minimum Gasteiger partial charge on any atom is -0.507 e. The Morgan fingerprint density at radius 1 is 0.675 bits per heavy atom. The van der Waals surface area contributed by atoms with Crippen molar-refractivity contribution in [3.8, 4) is 11.5 Å². The summed E-state index contributed by atoms with van der Waals surface area (Å²) < 4.78 is 10.6. The predicted molar refractivity (Wildman–Crippen MR) is 157 cm³/mol. The van der Waals surface area contributed by atoms with Crippen LogP contribution in [-0.4, -0.2) is 46.0 Å². The minimum absolute atomic E-state index is 0.206. The molecule has 3 rings (SSSR count). The van der Waals surface area contributed by atoms with Crippen LogP contribution < -0.4 is 10.6 Å². The number of phenols is 2. The Hall–Kier alpha value is -4.86. The lowest BCUT2D eigenvalue weighted by Crippen LogP contribution is -2.27. The van der Waals surface area contributed by atoms with Crippen LogP contribution >= 0.6 is 0 Å². The van der Waals surface area contributed by atoms with Gasteiger partial charge in [-0.3, -0.25) is 20.6 Å². The van der Waals surface area contributed by atoms with Crippen LogP contribution in [0.5, 0.6) is 11.5 Å². The molecule has 0 aromatic heterocycles. The van der Waals surface area contributed by atoms with Gasteiger partial charge in [-0.15, -0.1) is 0 Å². The third-order valence-electron chi connectivity index (χ3n) is 4.94.